The van der Waals surface area contributed by atoms with Gasteiger partial charge in [0.1, 0.15) is 36.6 Å². The minimum Gasteiger partial charge on any atom is -0.462 e. The molecular formula is C37H54O11. The lowest BCUT2D eigenvalue weighted by Crippen LogP contribution is -2.61. The van der Waals surface area contributed by atoms with E-state index in [0.717, 1.165) is 18.4 Å². The Hall–Kier alpha value is -1.73. The van der Waals surface area contributed by atoms with Gasteiger partial charge in [-0.25, -0.2) is 0 Å². The lowest BCUT2D eigenvalue weighted by molar-refractivity contribution is -0.301. The molecule has 0 radical (unpaired) electrons. The van der Waals surface area contributed by atoms with Crippen molar-refractivity contribution in [3.8, 4) is 0 Å². The van der Waals surface area contributed by atoms with Crippen molar-refractivity contribution in [1.29, 1.82) is 0 Å². The van der Waals surface area contributed by atoms with Crippen LogP contribution in [0.5, 0.6) is 0 Å². The van der Waals surface area contributed by atoms with Gasteiger partial charge < -0.3 is 39.4 Å². The highest BCUT2D eigenvalue weighted by Crippen LogP contribution is 2.88. The SMILES string of the molecule is CC(=O)O[C@@H]1C[C@@]23C[C@@]24CC[C@H](O[C@@H]2OC[C@H](O)[C@H](O)[C@H]2O)C(C)(C)[C@@H]4CC=C3[C@]2(C)[C@@H](O)C(=O)[C@H]([C@H](C)CC(=O)[C@@H]3OC3(C)C)[C@@]12C. The predicted molar refractivity (Wildman–Crippen MR) is 170 cm³/mol. The predicted octanol–water partition coefficient (Wildman–Crippen LogP) is 2.63. The van der Waals surface area contributed by atoms with Gasteiger partial charge in [0, 0.05) is 35.5 Å². The van der Waals surface area contributed by atoms with Gasteiger partial charge in [-0.3, -0.25) is 14.4 Å². The number of carbonyl (C=O) groups is 3. The number of hydrogen-bond acceptors (Lipinski definition) is 11. The monoisotopic (exact) mass is 674 g/mol. The molecule has 4 N–H and O–H groups in total. The van der Waals surface area contributed by atoms with Gasteiger partial charge in [0.15, 0.2) is 17.9 Å². The standard InChI is InChI=1S/C37H54O11/c1-17(13-19(39)30-33(5,6)48-30)25-27(42)29(44)34(7)22-10-9-21-32(3,4)23(47-31-28(43)26(41)20(40)15-45-31)11-12-36(21)16-37(22,36)14-24(35(25,34)8)46-18(2)38/h10,17,20-21,23-26,28-31,40-41,43-44H,9,11-16H2,1-8H3/t17-,20+,21+,23+,24-,25+,26+,28-,29+,30+,31+,34-,35-,36-,37+/m1/s1. The van der Waals surface area contributed by atoms with Crippen molar-refractivity contribution in [3.05, 3.63) is 11.6 Å². The Balaban J connectivity index is 1.22. The second-order valence-electron chi connectivity index (χ2n) is 17.9. The number of fused-ring (bicyclic) bond motifs is 2. The van der Waals surface area contributed by atoms with Crippen LogP contribution in [0.4, 0.5) is 0 Å². The van der Waals surface area contributed by atoms with Crippen LogP contribution in [0.15, 0.2) is 11.6 Å². The van der Waals surface area contributed by atoms with Crippen LogP contribution < -0.4 is 0 Å². The van der Waals surface area contributed by atoms with Gasteiger partial charge in [0.05, 0.1) is 18.3 Å². The zero-order valence-electron chi connectivity index (χ0n) is 29.5. The molecule has 2 spiro atoms. The van der Waals surface area contributed by atoms with Crippen LogP contribution in [0.1, 0.15) is 93.9 Å². The molecule has 268 valence electrons. The van der Waals surface area contributed by atoms with E-state index in [1.165, 1.54) is 6.92 Å². The first-order valence-corrected chi connectivity index (χ1v) is 17.8. The zero-order valence-corrected chi connectivity index (χ0v) is 29.5. The van der Waals surface area contributed by atoms with E-state index >= 15 is 0 Å². The van der Waals surface area contributed by atoms with Crippen molar-refractivity contribution in [2.75, 3.05) is 6.61 Å². The molecule has 7 rings (SSSR count). The number of esters is 1. The van der Waals surface area contributed by atoms with E-state index in [4.69, 9.17) is 18.9 Å². The lowest BCUT2D eigenvalue weighted by Gasteiger charge is -2.61. The average molecular weight is 675 g/mol. The molecule has 2 aliphatic heterocycles. The first kappa shape index (κ1) is 34.7. The molecular weight excluding hydrogens is 620 g/mol. The topological polar surface area (TPSA) is 172 Å². The molecule has 0 bridgehead atoms. The Morgan fingerprint density at radius 3 is 2.33 bits per heavy atom. The van der Waals surface area contributed by atoms with E-state index in [2.05, 4.69) is 19.9 Å². The number of carbonyl (C=O) groups excluding carboxylic acids is 3. The van der Waals surface area contributed by atoms with E-state index in [-0.39, 0.29) is 52.9 Å². The Morgan fingerprint density at radius 2 is 1.71 bits per heavy atom. The third-order valence-corrected chi connectivity index (χ3v) is 14.9. The van der Waals surface area contributed by atoms with Crippen LogP contribution in [-0.2, 0) is 33.3 Å². The summed E-state index contributed by atoms with van der Waals surface area (Å²) < 4.78 is 23.8. The molecule has 48 heavy (non-hydrogen) atoms. The minimum absolute atomic E-state index is 0.0535. The maximum atomic E-state index is 14.3. The number of epoxide rings is 1. The average Bonchev–Trinajstić information content (AvgIpc) is 3.84. The van der Waals surface area contributed by atoms with E-state index in [9.17, 15) is 34.8 Å². The van der Waals surface area contributed by atoms with Crippen LogP contribution in [-0.4, -0.2) is 99.2 Å². The number of ketones is 2. The number of aliphatic hydroxyl groups is 4. The lowest BCUT2D eigenvalue weighted by atomic mass is 9.44. The Bertz CT molecular complexity index is 1440. The summed E-state index contributed by atoms with van der Waals surface area (Å²) in [7, 11) is 0. The smallest absolute Gasteiger partial charge is 0.302 e. The van der Waals surface area contributed by atoms with Crippen LogP contribution in [0.2, 0.25) is 0 Å². The molecule has 15 atom stereocenters. The van der Waals surface area contributed by atoms with Gasteiger partial charge in [0.2, 0.25) is 0 Å². The largest absolute Gasteiger partial charge is 0.462 e. The molecule has 0 unspecified atom stereocenters. The van der Waals surface area contributed by atoms with Gasteiger partial charge in [-0.05, 0) is 68.6 Å². The minimum atomic E-state index is -1.37. The van der Waals surface area contributed by atoms with Crippen molar-refractivity contribution in [3.63, 3.8) is 0 Å². The van der Waals surface area contributed by atoms with E-state index in [0.29, 0.717) is 19.3 Å². The first-order chi connectivity index (χ1) is 22.2. The van der Waals surface area contributed by atoms with E-state index in [1.54, 1.807) is 0 Å². The highest BCUT2D eigenvalue weighted by molar-refractivity contribution is 5.93. The molecule has 0 aromatic carbocycles. The second-order valence-corrected chi connectivity index (χ2v) is 17.9. The maximum Gasteiger partial charge on any atom is 0.302 e. The number of ether oxygens (including phenoxy) is 4. The molecule has 6 fully saturated rings. The Kier molecular flexibility index (Phi) is 7.70. The molecule has 0 amide bonds. The van der Waals surface area contributed by atoms with Gasteiger partial charge in [0.25, 0.3) is 0 Å². The van der Waals surface area contributed by atoms with Gasteiger partial charge >= 0.3 is 5.97 Å². The summed E-state index contributed by atoms with van der Waals surface area (Å²) >= 11 is 0. The van der Waals surface area contributed by atoms with Gasteiger partial charge in [-0.1, -0.05) is 46.3 Å². The molecule has 11 nitrogen and oxygen atoms in total. The van der Waals surface area contributed by atoms with Gasteiger partial charge in [-0.2, -0.15) is 0 Å². The van der Waals surface area contributed by atoms with Gasteiger partial charge in [-0.15, -0.1) is 0 Å². The molecule has 5 aliphatic carbocycles. The summed E-state index contributed by atoms with van der Waals surface area (Å²) in [6.45, 7) is 15.2. The number of aliphatic hydroxyl groups excluding tert-OH is 4. The molecule has 2 saturated heterocycles. The fourth-order valence-electron chi connectivity index (χ4n) is 12.2. The first-order valence-electron chi connectivity index (χ1n) is 17.8. The van der Waals surface area contributed by atoms with Crippen molar-refractivity contribution < 1.29 is 53.8 Å². The van der Waals surface area contributed by atoms with Crippen molar-refractivity contribution in [2.45, 2.75) is 149 Å². The van der Waals surface area contributed by atoms with Crippen LogP contribution in [0, 0.1) is 44.8 Å². The van der Waals surface area contributed by atoms with Crippen molar-refractivity contribution >= 4 is 17.5 Å². The number of Topliss-reactive ketones (excluding diaryl/α,β-unsaturated/α-hetero) is 2. The molecule has 0 aromatic rings. The Labute approximate surface area is 282 Å². The van der Waals surface area contributed by atoms with E-state index < -0.39 is 77.1 Å². The fourth-order valence-corrected chi connectivity index (χ4v) is 12.2. The molecule has 0 aromatic heterocycles. The highest BCUT2D eigenvalue weighted by Gasteiger charge is 2.85. The number of hydrogen-bond donors (Lipinski definition) is 4. The summed E-state index contributed by atoms with van der Waals surface area (Å²) in [4.78, 5) is 40.3. The summed E-state index contributed by atoms with van der Waals surface area (Å²) in [5.41, 5.74) is -2.31. The zero-order chi connectivity index (χ0) is 35.1. The summed E-state index contributed by atoms with van der Waals surface area (Å²) in [6.07, 6.45) is -1.81. The summed E-state index contributed by atoms with van der Waals surface area (Å²) in [5, 5.41) is 42.9. The van der Waals surface area contributed by atoms with Crippen molar-refractivity contribution in [1.82, 2.24) is 0 Å². The Morgan fingerprint density at radius 1 is 1.04 bits per heavy atom. The van der Waals surface area contributed by atoms with Crippen molar-refractivity contribution in [2.24, 2.45) is 44.8 Å². The number of rotatable bonds is 7. The summed E-state index contributed by atoms with van der Waals surface area (Å²) in [5.74, 6) is -1.73. The quantitative estimate of drug-likeness (QED) is 0.178. The van der Waals surface area contributed by atoms with E-state index in [1.807, 2.05) is 34.6 Å². The van der Waals surface area contributed by atoms with Crippen LogP contribution >= 0.6 is 0 Å². The maximum absolute atomic E-state index is 14.3. The summed E-state index contributed by atoms with van der Waals surface area (Å²) in [6, 6.07) is 0. The fraction of sp³-hybridized carbons (Fsp3) is 0.865. The molecule has 11 heteroatoms. The molecule has 4 saturated carbocycles. The third-order valence-electron chi connectivity index (χ3n) is 14.9. The third kappa shape index (κ3) is 4.34. The number of allylic oxidation sites excluding steroid dienone is 1. The molecule has 7 aliphatic rings. The van der Waals surface area contributed by atoms with Crippen LogP contribution in [0.25, 0.3) is 0 Å². The highest BCUT2D eigenvalue weighted by atomic mass is 16.7. The second kappa shape index (κ2) is 10.7. The normalized spacial score (nSPS) is 51.8. The molecule has 2 heterocycles. The van der Waals surface area contributed by atoms with Crippen LogP contribution in [0.3, 0.4) is 0 Å².